The fourth-order valence-corrected chi connectivity index (χ4v) is 2.22. The van der Waals surface area contributed by atoms with Crippen LogP contribution in [0.25, 0.3) is 0 Å². The average Bonchev–Trinajstić information content (AvgIpc) is 2.34. The summed E-state index contributed by atoms with van der Waals surface area (Å²) in [7, 11) is 0. The second-order valence-corrected chi connectivity index (χ2v) is 4.54. The van der Waals surface area contributed by atoms with E-state index in [4.69, 9.17) is 11.0 Å². The molecule has 0 heterocycles. The maximum Gasteiger partial charge on any atom is 0.124 e. The van der Waals surface area contributed by atoms with Gasteiger partial charge in [0.25, 0.3) is 0 Å². The van der Waals surface area contributed by atoms with Crippen molar-refractivity contribution >= 4 is 17.4 Å². The predicted molar refractivity (Wildman–Crippen MR) is 66.1 cm³/mol. The first kappa shape index (κ1) is 11.5. The van der Waals surface area contributed by atoms with Crippen molar-refractivity contribution in [1.29, 1.82) is 5.26 Å². The first-order valence-electron chi connectivity index (χ1n) is 4.92. The second-order valence-electron chi connectivity index (χ2n) is 3.42. The predicted octanol–water partition coefficient (Wildman–Crippen LogP) is 3.43. The van der Waals surface area contributed by atoms with Crippen LogP contribution in [0.2, 0.25) is 0 Å². The molecule has 0 fully saturated rings. The van der Waals surface area contributed by atoms with Crippen LogP contribution in [-0.4, -0.2) is 0 Å². The molecule has 0 saturated carbocycles. The minimum atomic E-state index is -0.400. The second kappa shape index (κ2) is 4.89. The Hall–Kier alpha value is -1.99. The third-order valence-corrected chi connectivity index (χ3v) is 3.25. The smallest absolute Gasteiger partial charge is 0.124 e. The standard InChI is InChI=1S/C13H9FN2S/c14-10-1-6-13(9(7-10)8-15)17-12-4-2-11(16)3-5-12/h1-7H,16H2. The molecule has 0 aliphatic carbocycles. The zero-order valence-electron chi connectivity index (χ0n) is 8.85. The van der Waals surface area contributed by atoms with E-state index in [1.54, 1.807) is 18.2 Å². The van der Waals surface area contributed by atoms with Crippen LogP contribution in [0.3, 0.4) is 0 Å². The highest BCUT2D eigenvalue weighted by Gasteiger charge is 2.05. The molecule has 84 valence electrons. The van der Waals surface area contributed by atoms with Gasteiger partial charge in [-0.1, -0.05) is 11.8 Å². The number of hydrogen-bond acceptors (Lipinski definition) is 3. The van der Waals surface area contributed by atoms with Crippen molar-refractivity contribution < 1.29 is 4.39 Å². The van der Waals surface area contributed by atoms with Crippen molar-refractivity contribution in [3.63, 3.8) is 0 Å². The van der Waals surface area contributed by atoms with Crippen LogP contribution in [0.4, 0.5) is 10.1 Å². The Labute approximate surface area is 103 Å². The molecule has 0 aliphatic rings. The number of anilines is 1. The summed E-state index contributed by atoms with van der Waals surface area (Å²) in [6, 6.07) is 13.5. The molecule has 17 heavy (non-hydrogen) atoms. The van der Waals surface area contributed by atoms with Gasteiger partial charge >= 0.3 is 0 Å². The van der Waals surface area contributed by atoms with Crippen LogP contribution < -0.4 is 5.73 Å². The minimum absolute atomic E-state index is 0.340. The highest BCUT2D eigenvalue weighted by molar-refractivity contribution is 7.99. The van der Waals surface area contributed by atoms with Crippen LogP contribution in [0, 0.1) is 17.1 Å². The lowest BCUT2D eigenvalue weighted by molar-refractivity contribution is 0.626. The summed E-state index contributed by atoms with van der Waals surface area (Å²) in [5, 5.41) is 8.92. The van der Waals surface area contributed by atoms with Crippen LogP contribution >= 0.6 is 11.8 Å². The third-order valence-electron chi connectivity index (χ3n) is 2.17. The van der Waals surface area contributed by atoms with E-state index in [0.717, 1.165) is 9.79 Å². The summed E-state index contributed by atoms with van der Waals surface area (Å²) in [6.07, 6.45) is 0. The maximum absolute atomic E-state index is 12.9. The van der Waals surface area contributed by atoms with E-state index >= 15 is 0 Å². The van der Waals surface area contributed by atoms with Gasteiger partial charge in [-0.15, -0.1) is 0 Å². The molecule has 2 rings (SSSR count). The SMILES string of the molecule is N#Cc1cc(F)ccc1Sc1ccc(N)cc1. The fraction of sp³-hybridized carbons (Fsp3) is 0. The Morgan fingerprint density at radius 2 is 1.82 bits per heavy atom. The van der Waals surface area contributed by atoms with Gasteiger partial charge in [0.15, 0.2) is 0 Å². The first-order chi connectivity index (χ1) is 8.19. The molecule has 0 bridgehead atoms. The quantitative estimate of drug-likeness (QED) is 0.823. The first-order valence-corrected chi connectivity index (χ1v) is 5.74. The van der Waals surface area contributed by atoms with Gasteiger partial charge in [-0.05, 0) is 42.5 Å². The largest absolute Gasteiger partial charge is 0.399 e. The van der Waals surface area contributed by atoms with E-state index in [1.165, 1.54) is 23.9 Å². The van der Waals surface area contributed by atoms with Crippen molar-refractivity contribution in [3.8, 4) is 6.07 Å². The molecule has 2 aromatic carbocycles. The Morgan fingerprint density at radius 1 is 1.12 bits per heavy atom. The van der Waals surface area contributed by atoms with Crippen molar-refractivity contribution in [2.75, 3.05) is 5.73 Å². The van der Waals surface area contributed by atoms with E-state index in [9.17, 15) is 4.39 Å². The van der Waals surface area contributed by atoms with Gasteiger partial charge in [-0.3, -0.25) is 0 Å². The topological polar surface area (TPSA) is 49.8 Å². The number of halogens is 1. The summed E-state index contributed by atoms with van der Waals surface area (Å²) in [4.78, 5) is 1.70. The van der Waals surface area contributed by atoms with Crippen LogP contribution in [0.1, 0.15) is 5.56 Å². The van der Waals surface area contributed by atoms with Crippen molar-refractivity contribution in [2.45, 2.75) is 9.79 Å². The van der Waals surface area contributed by atoms with Gasteiger partial charge in [-0.25, -0.2) is 4.39 Å². The van der Waals surface area contributed by atoms with E-state index in [1.807, 2.05) is 18.2 Å². The number of rotatable bonds is 2. The summed E-state index contributed by atoms with van der Waals surface area (Å²) >= 11 is 1.41. The molecule has 2 N–H and O–H groups in total. The maximum atomic E-state index is 12.9. The summed E-state index contributed by atoms with van der Waals surface area (Å²) in [6.45, 7) is 0. The van der Waals surface area contributed by atoms with Gasteiger partial charge < -0.3 is 5.73 Å². The molecule has 0 unspecified atom stereocenters. The van der Waals surface area contributed by atoms with Crippen molar-refractivity contribution in [1.82, 2.24) is 0 Å². The normalized spacial score (nSPS) is 9.88. The Bertz CT molecular complexity index is 573. The van der Waals surface area contributed by atoms with E-state index < -0.39 is 5.82 Å². The molecule has 0 aromatic heterocycles. The summed E-state index contributed by atoms with van der Waals surface area (Å²) in [5.41, 5.74) is 6.61. The molecule has 2 nitrogen and oxygen atoms in total. The molecule has 0 aliphatic heterocycles. The molecule has 0 spiro atoms. The number of nitrogens with two attached hydrogens (primary N) is 1. The van der Waals surface area contributed by atoms with Gasteiger partial charge in [0.1, 0.15) is 11.9 Å². The third kappa shape index (κ3) is 2.77. The van der Waals surface area contributed by atoms with Crippen LogP contribution in [-0.2, 0) is 0 Å². The lowest BCUT2D eigenvalue weighted by atomic mass is 10.2. The molecule has 0 radical (unpaired) electrons. The number of benzene rings is 2. The molecule has 0 amide bonds. The Balaban J connectivity index is 2.30. The molecule has 2 aromatic rings. The number of nitriles is 1. The Kier molecular flexibility index (Phi) is 3.31. The summed E-state index contributed by atoms with van der Waals surface area (Å²) < 4.78 is 12.9. The lowest BCUT2D eigenvalue weighted by Gasteiger charge is -2.04. The van der Waals surface area contributed by atoms with E-state index in [0.29, 0.717) is 11.3 Å². The van der Waals surface area contributed by atoms with Crippen LogP contribution in [0.5, 0.6) is 0 Å². The highest BCUT2D eigenvalue weighted by Crippen LogP contribution is 2.30. The molecule has 0 saturated heterocycles. The zero-order chi connectivity index (χ0) is 12.3. The van der Waals surface area contributed by atoms with Gasteiger partial charge in [0.2, 0.25) is 0 Å². The summed E-state index contributed by atoms with van der Waals surface area (Å²) in [5.74, 6) is -0.400. The number of hydrogen-bond donors (Lipinski definition) is 1. The van der Waals surface area contributed by atoms with E-state index in [2.05, 4.69) is 0 Å². The molecular formula is C13H9FN2S. The average molecular weight is 244 g/mol. The molecule has 4 heteroatoms. The Morgan fingerprint density at radius 3 is 2.47 bits per heavy atom. The van der Waals surface area contributed by atoms with Gasteiger partial charge in [-0.2, -0.15) is 5.26 Å². The number of nitrogen functional groups attached to an aromatic ring is 1. The molecule has 0 atom stereocenters. The number of nitrogens with zero attached hydrogens (tertiary/aromatic N) is 1. The van der Waals surface area contributed by atoms with Crippen molar-refractivity contribution in [3.05, 3.63) is 53.8 Å². The van der Waals surface area contributed by atoms with Gasteiger partial charge in [0.05, 0.1) is 5.56 Å². The van der Waals surface area contributed by atoms with E-state index in [-0.39, 0.29) is 0 Å². The van der Waals surface area contributed by atoms with Gasteiger partial charge in [0, 0.05) is 15.5 Å². The monoisotopic (exact) mass is 244 g/mol. The minimum Gasteiger partial charge on any atom is -0.399 e. The lowest BCUT2D eigenvalue weighted by Crippen LogP contribution is -1.85. The van der Waals surface area contributed by atoms with Crippen LogP contribution in [0.15, 0.2) is 52.3 Å². The zero-order valence-corrected chi connectivity index (χ0v) is 9.67. The highest BCUT2D eigenvalue weighted by atomic mass is 32.2. The molecular weight excluding hydrogens is 235 g/mol. The fourth-order valence-electron chi connectivity index (χ4n) is 1.34. The van der Waals surface area contributed by atoms with Crippen molar-refractivity contribution in [2.24, 2.45) is 0 Å².